The van der Waals surface area contributed by atoms with E-state index in [2.05, 4.69) is 5.32 Å². The van der Waals surface area contributed by atoms with Crippen LogP contribution in [0.3, 0.4) is 0 Å². The smallest absolute Gasteiger partial charge is 0.242 e. The first kappa shape index (κ1) is 21.8. The van der Waals surface area contributed by atoms with Crippen molar-refractivity contribution in [2.45, 2.75) is 59.5 Å². The van der Waals surface area contributed by atoms with Crippen LogP contribution in [0.2, 0.25) is 10.0 Å². The maximum Gasteiger partial charge on any atom is 0.242 e. The average Bonchev–Trinajstić information content (AvgIpc) is 2.55. The Kier molecular flexibility index (Phi) is 9.30. The van der Waals surface area contributed by atoms with E-state index in [4.69, 9.17) is 23.2 Å². The molecule has 1 aromatic carbocycles. The van der Waals surface area contributed by atoms with E-state index in [0.717, 1.165) is 6.42 Å². The fourth-order valence-electron chi connectivity index (χ4n) is 2.55. The van der Waals surface area contributed by atoms with Crippen LogP contribution in [0.4, 0.5) is 0 Å². The number of nitrogens with one attached hydrogen (secondary N) is 1. The number of carbonyl (C=O) groups is 2. The summed E-state index contributed by atoms with van der Waals surface area (Å²) in [6.45, 7) is 8.72. The van der Waals surface area contributed by atoms with Crippen molar-refractivity contribution in [1.29, 1.82) is 0 Å². The zero-order valence-corrected chi connectivity index (χ0v) is 17.0. The summed E-state index contributed by atoms with van der Waals surface area (Å²) >= 11 is 12.5. The maximum atomic E-state index is 12.7. The second-order valence-corrected chi connectivity index (χ2v) is 7.35. The van der Waals surface area contributed by atoms with Crippen LogP contribution in [0.5, 0.6) is 0 Å². The number of halogens is 2. The van der Waals surface area contributed by atoms with Crippen LogP contribution in [-0.2, 0) is 16.1 Å². The molecule has 0 aliphatic heterocycles. The Balaban J connectivity index is 3.09. The minimum atomic E-state index is -0.537. The number of nitrogens with zero attached hydrogens (tertiary/aromatic N) is 1. The molecule has 1 aromatic rings. The van der Waals surface area contributed by atoms with Crippen molar-refractivity contribution < 1.29 is 9.59 Å². The summed E-state index contributed by atoms with van der Waals surface area (Å²) in [5.74, 6) is 0.146. The standard InChI is InChI=1S/C19H28Cl2N2O2/c1-5-8-18(24)23(12-14-15(20)9-7-10-16(14)21)17(6-2)19(25)22-11-13(3)4/h7,9-10,13,17H,5-6,8,11-12H2,1-4H3,(H,22,25)/t17-/m1/s1. The first-order valence-corrected chi connectivity index (χ1v) is 9.57. The van der Waals surface area contributed by atoms with Gasteiger partial charge in [0.25, 0.3) is 0 Å². The molecular formula is C19H28Cl2N2O2. The third kappa shape index (κ3) is 6.52. The number of carbonyl (C=O) groups excluding carboxylic acids is 2. The van der Waals surface area contributed by atoms with E-state index in [1.165, 1.54) is 0 Å². The summed E-state index contributed by atoms with van der Waals surface area (Å²) in [7, 11) is 0. The van der Waals surface area contributed by atoms with Crippen molar-refractivity contribution in [1.82, 2.24) is 10.2 Å². The van der Waals surface area contributed by atoms with Crippen LogP contribution in [0.25, 0.3) is 0 Å². The average molecular weight is 387 g/mol. The molecule has 0 radical (unpaired) electrons. The molecule has 0 unspecified atom stereocenters. The van der Waals surface area contributed by atoms with Gasteiger partial charge in [-0.05, 0) is 30.9 Å². The Bertz CT molecular complexity index is 571. The van der Waals surface area contributed by atoms with Crippen LogP contribution in [0, 0.1) is 5.92 Å². The molecule has 0 spiro atoms. The second-order valence-electron chi connectivity index (χ2n) is 6.53. The molecule has 1 rings (SSSR count). The van der Waals surface area contributed by atoms with Gasteiger partial charge in [-0.2, -0.15) is 0 Å². The van der Waals surface area contributed by atoms with Crippen molar-refractivity contribution in [3.8, 4) is 0 Å². The van der Waals surface area contributed by atoms with Crippen LogP contribution in [-0.4, -0.2) is 29.3 Å². The molecule has 0 heterocycles. The SMILES string of the molecule is CCCC(=O)N(Cc1c(Cl)cccc1Cl)[C@H](CC)C(=O)NCC(C)C. The van der Waals surface area contributed by atoms with Crippen LogP contribution in [0.15, 0.2) is 18.2 Å². The molecule has 1 atom stereocenters. The molecule has 6 heteroatoms. The lowest BCUT2D eigenvalue weighted by Gasteiger charge is -2.31. The Hall–Kier alpha value is -1.26. The summed E-state index contributed by atoms with van der Waals surface area (Å²) in [4.78, 5) is 26.9. The van der Waals surface area contributed by atoms with E-state index in [0.29, 0.717) is 40.9 Å². The van der Waals surface area contributed by atoms with Crippen LogP contribution >= 0.6 is 23.2 Å². The van der Waals surface area contributed by atoms with Gasteiger partial charge in [-0.25, -0.2) is 0 Å². The van der Waals surface area contributed by atoms with Crippen molar-refractivity contribution in [2.24, 2.45) is 5.92 Å². The Labute approximate surface area is 160 Å². The van der Waals surface area contributed by atoms with E-state index < -0.39 is 6.04 Å². The fourth-order valence-corrected chi connectivity index (χ4v) is 3.07. The molecule has 0 saturated heterocycles. The number of amides is 2. The molecule has 0 fully saturated rings. The summed E-state index contributed by atoms with van der Waals surface area (Å²) in [6.07, 6.45) is 1.63. The van der Waals surface area contributed by atoms with Gasteiger partial charge < -0.3 is 10.2 Å². The van der Waals surface area contributed by atoms with Gasteiger partial charge >= 0.3 is 0 Å². The Morgan fingerprint density at radius 3 is 2.24 bits per heavy atom. The topological polar surface area (TPSA) is 49.4 Å². The van der Waals surface area contributed by atoms with Crippen molar-refractivity contribution >= 4 is 35.0 Å². The van der Waals surface area contributed by atoms with Crippen molar-refractivity contribution in [2.75, 3.05) is 6.54 Å². The molecule has 140 valence electrons. The predicted octanol–water partition coefficient (Wildman–Crippen LogP) is 4.67. The molecule has 0 bridgehead atoms. The summed E-state index contributed by atoms with van der Waals surface area (Å²) in [6, 6.07) is 4.71. The molecule has 2 amide bonds. The number of hydrogen-bond donors (Lipinski definition) is 1. The van der Waals surface area contributed by atoms with Crippen molar-refractivity contribution in [3.05, 3.63) is 33.8 Å². The van der Waals surface area contributed by atoms with E-state index in [-0.39, 0.29) is 18.4 Å². The maximum absolute atomic E-state index is 12.7. The second kappa shape index (κ2) is 10.7. The molecule has 4 nitrogen and oxygen atoms in total. The molecule has 0 aliphatic rings. The highest BCUT2D eigenvalue weighted by Crippen LogP contribution is 2.27. The van der Waals surface area contributed by atoms with Gasteiger partial charge in [-0.3, -0.25) is 9.59 Å². The third-order valence-electron chi connectivity index (χ3n) is 3.92. The monoisotopic (exact) mass is 386 g/mol. The van der Waals surface area contributed by atoms with Gasteiger partial charge in [-0.1, -0.05) is 57.0 Å². The molecule has 0 aliphatic carbocycles. The van der Waals surface area contributed by atoms with Crippen LogP contribution in [0.1, 0.15) is 52.5 Å². The van der Waals surface area contributed by atoms with Gasteiger partial charge in [0.05, 0.1) is 0 Å². The molecule has 1 N–H and O–H groups in total. The van der Waals surface area contributed by atoms with Gasteiger partial charge in [0.15, 0.2) is 0 Å². The lowest BCUT2D eigenvalue weighted by Crippen LogP contribution is -2.49. The summed E-state index contributed by atoms with van der Waals surface area (Å²) in [5.41, 5.74) is 0.672. The van der Waals surface area contributed by atoms with Crippen molar-refractivity contribution in [3.63, 3.8) is 0 Å². The van der Waals surface area contributed by atoms with E-state index in [9.17, 15) is 9.59 Å². The Morgan fingerprint density at radius 1 is 1.16 bits per heavy atom. The predicted molar refractivity (Wildman–Crippen MR) is 104 cm³/mol. The quantitative estimate of drug-likeness (QED) is 0.669. The van der Waals surface area contributed by atoms with Crippen LogP contribution < -0.4 is 5.32 Å². The molecule has 25 heavy (non-hydrogen) atoms. The van der Waals surface area contributed by atoms with Gasteiger partial charge in [0, 0.05) is 35.1 Å². The molecular weight excluding hydrogens is 359 g/mol. The highest BCUT2D eigenvalue weighted by Gasteiger charge is 2.29. The number of rotatable bonds is 9. The largest absolute Gasteiger partial charge is 0.354 e. The zero-order valence-electron chi connectivity index (χ0n) is 15.4. The summed E-state index contributed by atoms with van der Waals surface area (Å²) in [5, 5.41) is 3.93. The van der Waals surface area contributed by atoms with Gasteiger partial charge in [0.2, 0.25) is 11.8 Å². The highest BCUT2D eigenvalue weighted by atomic mass is 35.5. The first-order chi connectivity index (χ1) is 11.8. The normalized spacial score (nSPS) is 12.1. The zero-order chi connectivity index (χ0) is 19.0. The minimum absolute atomic E-state index is 0.0648. The lowest BCUT2D eigenvalue weighted by atomic mass is 10.1. The van der Waals surface area contributed by atoms with E-state index in [1.807, 2.05) is 27.7 Å². The minimum Gasteiger partial charge on any atom is -0.354 e. The van der Waals surface area contributed by atoms with Gasteiger partial charge in [-0.15, -0.1) is 0 Å². The number of benzene rings is 1. The fraction of sp³-hybridized carbons (Fsp3) is 0.579. The van der Waals surface area contributed by atoms with Gasteiger partial charge in [0.1, 0.15) is 6.04 Å². The third-order valence-corrected chi connectivity index (χ3v) is 4.63. The Morgan fingerprint density at radius 2 is 1.76 bits per heavy atom. The first-order valence-electron chi connectivity index (χ1n) is 8.81. The number of hydrogen-bond acceptors (Lipinski definition) is 2. The molecule has 0 saturated carbocycles. The summed E-state index contributed by atoms with van der Waals surface area (Å²) < 4.78 is 0. The van der Waals surface area contributed by atoms with E-state index >= 15 is 0 Å². The lowest BCUT2D eigenvalue weighted by molar-refractivity contribution is -0.141. The highest BCUT2D eigenvalue weighted by molar-refractivity contribution is 6.36. The van der Waals surface area contributed by atoms with E-state index in [1.54, 1.807) is 23.1 Å². The molecule has 0 aromatic heterocycles.